The van der Waals surface area contributed by atoms with E-state index < -0.39 is 9.84 Å². The third-order valence-corrected chi connectivity index (χ3v) is 4.84. The molecule has 78 valence electrons. The summed E-state index contributed by atoms with van der Waals surface area (Å²) in [5.74, 6) is 0.537. The van der Waals surface area contributed by atoms with Crippen molar-refractivity contribution >= 4 is 25.8 Å². The predicted molar refractivity (Wildman–Crippen MR) is 56.9 cm³/mol. The van der Waals surface area contributed by atoms with Gasteiger partial charge in [-0.1, -0.05) is 0 Å². The van der Waals surface area contributed by atoms with E-state index >= 15 is 0 Å². The van der Waals surface area contributed by atoms with Gasteiger partial charge in [-0.2, -0.15) is 5.10 Å². The first-order valence-corrected chi connectivity index (χ1v) is 7.09. The van der Waals surface area contributed by atoms with Crippen molar-refractivity contribution in [3.8, 4) is 0 Å². The summed E-state index contributed by atoms with van der Waals surface area (Å²) in [5, 5.41) is 4.11. The summed E-state index contributed by atoms with van der Waals surface area (Å²) in [6.07, 6.45) is 3.30. The van der Waals surface area contributed by atoms with Crippen molar-refractivity contribution < 1.29 is 8.42 Å². The Morgan fingerprint density at radius 3 is 2.93 bits per heavy atom. The van der Waals surface area contributed by atoms with Crippen LogP contribution >= 0.6 is 15.9 Å². The number of aromatic nitrogens is 2. The average Bonchev–Trinajstić information content (AvgIpc) is 2.49. The molecule has 1 saturated heterocycles. The minimum Gasteiger partial charge on any atom is -0.254 e. The minimum absolute atomic E-state index is 0.00174. The van der Waals surface area contributed by atoms with E-state index in [9.17, 15) is 8.42 Å². The molecule has 2 heterocycles. The SMILES string of the molecule is O=S1(=O)CCCC(n2nccc2Br)C1. The molecule has 6 heteroatoms. The molecule has 4 nitrogen and oxygen atoms in total. The van der Waals surface area contributed by atoms with Gasteiger partial charge in [-0.3, -0.25) is 4.68 Å². The van der Waals surface area contributed by atoms with Crippen molar-refractivity contribution in [1.82, 2.24) is 9.78 Å². The molecule has 1 unspecified atom stereocenters. The van der Waals surface area contributed by atoms with Crippen LogP contribution in [0.2, 0.25) is 0 Å². The van der Waals surface area contributed by atoms with Crippen LogP contribution in [0.1, 0.15) is 18.9 Å². The fourth-order valence-electron chi connectivity index (χ4n) is 1.76. The lowest BCUT2D eigenvalue weighted by Gasteiger charge is -2.22. The molecule has 1 fully saturated rings. The molecule has 0 bridgehead atoms. The largest absolute Gasteiger partial charge is 0.254 e. The second-order valence-corrected chi connectivity index (χ2v) is 6.55. The molecule has 0 amide bonds. The lowest BCUT2D eigenvalue weighted by Crippen LogP contribution is -2.28. The molecule has 0 saturated carbocycles. The molecule has 0 N–H and O–H groups in total. The van der Waals surface area contributed by atoms with E-state index in [2.05, 4.69) is 21.0 Å². The fraction of sp³-hybridized carbons (Fsp3) is 0.625. The molecule has 1 aliphatic heterocycles. The van der Waals surface area contributed by atoms with Crippen molar-refractivity contribution in [1.29, 1.82) is 0 Å². The molecular formula is C8H11BrN2O2S. The Morgan fingerprint density at radius 1 is 1.57 bits per heavy atom. The van der Waals surface area contributed by atoms with Crippen LogP contribution in [0, 0.1) is 0 Å². The maximum absolute atomic E-state index is 11.4. The first kappa shape index (κ1) is 10.2. The van der Waals surface area contributed by atoms with Gasteiger partial charge in [-0.25, -0.2) is 8.42 Å². The van der Waals surface area contributed by atoms with Crippen LogP contribution in [0.4, 0.5) is 0 Å². The molecule has 0 radical (unpaired) electrons. The van der Waals surface area contributed by atoms with Gasteiger partial charge >= 0.3 is 0 Å². The highest BCUT2D eigenvalue weighted by Crippen LogP contribution is 2.25. The second kappa shape index (κ2) is 3.66. The highest BCUT2D eigenvalue weighted by Gasteiger charge is 2.27. The Balaban J connectivity index is 2.24. The van der Waals surface area contributed by atoms with Gasteiger partial charge in [0.2, 0.25) is 0 Å². The Morgan fingerprint density at radius 2 is 2.36 bits per heavy atom. The number of sulfone groups is 1. The van der Waals surface area contributed by atoms with E-state index in [1.807, 2.05) is 6.07 Å². The summed E-state index contributed by atoms with van der Waals surface area (Å²) in [4.78, 5) is 0. The monoisotopic (exact) mass is 278 g/mol. The normalized spacial score (nSPS) is 26.2. The molecule has 0 aromatic carbocycles. The van der Waals surface area contributed by atoms with E-state index in [4.69, 9.17) is 0 Å². The van der Waals surface area contributed by atoms with E-state index in [1.165, 1.54) is 0 Å². The highest BCUT2D eigenvalue weighted by molar-refractivity contribution is 9.10. The van der Waals surface area contributed by atoms with E-state index in [0.29, 0.717) is 5.75 Å². The zero-order valence-electron chi connectivity index (χ0n) is 7.56. The van der Waals surface area contributed by atoms with Crippen LogP contribution in [0.25, 0.3) is 0 Å². The van der Waals surface area contributed by atoms with Crippen molar-refractivity contribution in [3.63, 3.8) is 0 Å². The predicted octanol–water partition coefficient (Wildman–Crippen LogP) is 1.40. The third-order valence-electron chi connectivity index (χ3n) is 2.41. The van der Waals surface area contributed by atoms with Crippen molar-refractivity contribution in [2.75, 3.05) is 11.5 Å². The average molecular weight is 279 g/mol. The van der Waals surface area contributed by atoms with Gasteiger partial charge in [-0.15, -0.1) is 0 Å². The van der Waals surface area contributed by atoms with Gasteiger partial charge in [0.05, 0.1) is 23.7 Å². The van der Waals surface area contributed by atoms with Crippen molar-refractivity contribution in [2.45, 2.75) is 18.9 Å². The quantitative estimate of drug-likeness (QED) is 0.780. The van der Waals surface area contributed by atoms with E-state index in [0.717, 1.165) is 17.4 Å². The third kappa shape index (κ3) is 2.00. The number of hydrogen-bond acceptors (Lipinski definition) is 3. The Bertz CT molecular complexity index is 426. The Hall–Kier alpha value is -0.360. The molecule has 0 aliphatic carbocycles. The van der Waals surface area contributed by atoms with Crippen LogP contribution in [-0.4, -0.2) is 29.7 Å². The molecule has 0 spiro atoms. The summed E-state index contributed by atoms with van der Waals surface area (Å²) in [6, 6.07) is 1.82. The topological polar surface area (TPSA) is 52.0 Å². The summed E-state index contributed by atoms with van der Waals surface area (Å²) >= 11 is 3.34. The van der Waals surface area contributed by atoms with Gasteiger partial charge in [-0.05, 0) is 34.8 Å². The number of halogens is 1. The van der Waals surface area contributed by atoms with Crippen LogP contribution in [0.5, 0.6) is 0 Å². The van der Waals surface area contributed by atoms with Crippen LogP contribution in [0.3, 0.4) is 0 Å². The molecular weight excluding hydrogens is 268 g/mol. The van der Waals surface area contributed by atoms with E-state index in [-0.39, 0.29) is 11.8 Å². The van der Waals surface area contributed by atoms with Crippen LogP contribution in [-0.2, 0) is 9.84 Å². The molecule has 14 heavy (non-hydrogen) atoms. The van der Waals surface area contributed by atoms with Gasteiger partial charge in [0.25, 0.3) is 0 Å². The highest BCUT2D eigenvalue weighted by atomic mass is 79.9. The van der Waals surface area contributed by atoms with Gasteiger partial charge in [0, 0.05) is 0 Å². The summed E-state index contributed by atoms with van der Waals surface area (Å²) < 4.78 is 25.4. The van der Waals surface area contributed by atoms with Crippen molar-refractivity contribution in [3.05, 3.63) is 16.9 Å². The summed E-state index contributed by atoms with van der Waals surface area (Å²) in [7, 11) is -2.86. The summed E-state index contributed by atoms with van der Waals surface area (Å²) in [6.45, 7) is 0. The maximum atomic E-state index is 11.4. The smallest absolute Gasteiger partial charge is 0.152 e. The van der Waals surface area contributed by atoms with Crippen LogP contribution < -0.4 is 0 Å². The van der Waals surface area contributed by atoms with Gasteiger partial charge in [0.1, 0.15) is 4.60 Å². The zero-order chi connectivity index (χ0) is 10.2. The zero-order valence-corrected chi connectivity index (χ0v) is 9.96. The van der Waals surface area contributed by atoms with Gasteiger partial charge < -0.3 is 0 Å². The number of nitrogens with zero attached hydrogens (tertiary/aromatic N) is 2. The summed E-state index contributed by atoms with van der Waals surface area (Å²) in [5.41, 5.74) is 0. The number of rotatable bonds is 1. The molecule has 1 aromatic heterocycles. The lowest BCUT2D eigenvalue weighted by atomic mass is 10.2. The Kier molecular flexibility index (Phi) is 2.66. The van der Waals surface area contributed by atoms with E-state index in [1.54, 1.807) is 10.9 Å². The molecule has 1 aliphatic rings. The molecule has 2 rings (SSSR count). The second-order valence-electron chi connectivity index (χ2n) is 3.51. The molecule has 1 atom stereocenters. The number of hydrogen-bond donors (Lipinski definition) is 0. The Labute approximate surface area is 91.4 Å². The van der Waals surface area contributed by atoms with Crippen LogP contribution in [0.15, 0.2) is 16.9 Å². The minimum atomic E-state index is -2.86. The first-order chi connectivity index (χ1) is 6.58. The molecule has 1 aromatic rings. The maximum Gasteiger partial charge on any atom is 0.152 e. The fourth-order valence-corrected chi connectivity index (χ4v) is 3.93. The standard InChI is InChI=1S/C8H11BrN2O2S/c9-8-3-4-10-11(8)7-2-1-5-14(12,13)6-7/h3-4,7H,1-2,5-6H2. The first-order valence-electron chi connectivity index (χ1n) is 4.48. The lowest BCUT2D eigenvalue weighted by molar-refractivity contribution is 0.429. The van der Waals surface area contributed by atoms with Gasteiger partial charge in [0.15, 0.2) is 9.84 Å². The van der Waals surface area contributed by atoms with Crippen molar-refractivity contribution in [2.24, 2.45) is 0 Å².